The van der Waals surface area contributed by atoms with Crippen LogP contribution in [0.1, 0.15) is 13.8 Å². The van der Waals surface area contributed by atoms with Crippen LogP contribution in [0.15, 0.2) is 0 Å². The van der Waals surface area contributed by atoms with E-state index < -0.39 is 15.6 Å². The van der Waals surface area contributed by atoms with E-state index in [9.17, 15) is 8.42 Å². The highest BCUT2D eigenvalue weighted by atomic mass is 32.2. The Bertz CT molecular complexity index is 190. The van der Waals surface area contributed by atoms with Gasteiger partial charge in [-0.25, -0.2) is 13.1 Å². The first kappa shape index (κ1) is 9.87. The van der Waals surface area contributed by atoms with Crippen LogP contribution in [0.25, 0.3) is 0 Å². The van der Waals surface area contributed by atoms with E-state index >= 15 is 0 Å². The summed E-state index contributed by atoms with van der Waals surface area (Å²) in [4.78, 5) is 0. The van der Waals surface area contributed by atoms with Gasteiger partial charge >= 0.3 is 0 Å². The van der Waals surface area contributed by atoms with Crippen molar-refractivity contribution < 1.29 is 8.42 Å². The Morgan fingerprint density at radius 2 is 1.90 bits per heavy atom. The standard InChI is InChI=1S/C5H14N2O2S/c1-5(2,6)4-7-10(3,8)9/h7H,4,6H2,1-3H3. The Morgan fingerprint density at radius 3 is 2.00 bits per heavy atom. The third-order valence-electron chi connectivity index (χ3n) is 0.790. The molecule has 62 valence electrons. The van der Waals surface area contributed by atoms with Gasteiger partial charge in [-0.1, -0.05) is 0 Å². The van der Waals surface area contributed by atoms with Gasteiger partial charge in [0, 0.05) is 12.1 Å². The predicted octanol–water partition coefficient (Wildman–Crippen LogP) is -0.727. The van der Waals surface area contributed by atoms with Gasteiger partial charge in [0.25, 0.3) is 0 Å². The van der Waals surface area contributed by atoms with Crippen molar-refractivity contribution in [2.45, 2.75) is 19.4 Å². The topological polar surface area (TPSA) is 72.2 Å². The smallest absolute Gasteiger partial charge is 0.208 e. The maximum atomic E-state index is 10.5. The van der Waals surface area contributed by atoms with Crippen LogP contribution in [-0.4, -0.2) is 26.8 Å². The number of nitrogens with two attached hydrogens (primary N) is 1. The lowest BCUT2D eigenvalue weighted by Gasteiger charge is -2.17. The maximum absolute atomic E-state index is 10.5. The molecule has 4 nitrogen and oxygen atoms in total. The molecular formula is C5H14N2O2S. The molecule has 0 amide bonds. The minimum atomic E-state index is -3.09. The van der Waals surface area contributed by atoms with Gasteiger partial charge < -0.3 is 5.73 Å². The summed E-state index contributed by atoms with van der Waals surface area (Å²) in [5, 5.41) is 0. The lowest BCUT2D eigenvalue weighted by molar-refractivity contribution is 0.499. The van der Waals surface area contributed by atoms with Gasteiger partial charge in [-0.05, 0) is 13.8 Å². The Hall–Kier alpha value is -0.130. The maximum Gasteiger partial charge on any atom is 0.208 e. The summed E-state index contributed by atoms with van der Waals surface area (Å²) < 4.78 is 23.3. The number of hydrogen-bond acceptors (Lipinski definition) is 3. The minimum absolute atomic E-state index is 0.270. The Kier molecular flexibility index (Phi) is 2.82. The molecule has 0 aliphatic heterocycles. The van der Waals surface area contributed by atoms with Crippen LogP contribution >= 0.6 is 0 Å². The average molecular weight is 166 g/mol. The van der Waals surface area contributed by atoms with Crippen molar-refractivity contribution in [2.24, 2.45) is 5.73 Å². The summed E-state index contributed by atoms with van der Waals surface area (Å²) in [5.41, 5.74) is 5.03. The van der Waals surface area contributed by atoms with Crippen LogP contribution in [0.5, 0.6) is 0 Å². The molecule has 0 atom stereocenters. The van der Waals surface area contributed by atoms with Crippen molar-refractivity contribution >= 4 is 10.0 Å². The van der Waals surface area contributed by atoms with E-state index in [0.717, 1.165) is 6.26 Å². The van der Waals surface area contributed by atoms with Crippen LogP contribution in [-0.2, 0) is 10.0 Å². The highest BCUT2D eigenvalue weighted by molar-refractivity contribution is 7.88. The number of nitrogens with one attached hydrogen (secondary N) is 1. The van der Waals surface area contributed by atoms with E-state index in [1.54, 1.807) is 13.8 Å². The van der Waals surface area contributed by atoms with E-state index in [1.807, 2.05) is 0 Å². The molecule has 0 spiro atoms. The summed E-state index contributed by atoms with van der Waals surface area (Å²) in [6, 6.07) is 0. The van der Waals surface area contributed by atoms with Crippen LogP contribution in [0.3, 0.4) is 0 Å². The third-order valence-corrected chi connectivity index (χ3v) is 1.46. The molecule has 0 heterocycles. The Morgan fingerprint density at radius 1 is 1.50 bits per heavy atom. The summed E-state index contributed by atoms with van der Waals surface area (Å²) in [5.74, 6) is 0. The summed E-state index contributed by atoms with van der Waals surface area (Å²) in [6.07, 6.45) is 1.11. The SMILES string of the molecule is CC(C)(N)CNS(C)(=O)=O. The lowest BCUT2D eigenvalue weighted by atomic mass is 10.1. The highest BCUT2D eigenvalue weighted by Crippen LogP contribution is 1.93. The first-order valence-electron chi connectivity index (χ1n) is 2.94. The van der Waals surface area contributed by atoms with E-state index in [-0.39, 0.29) is 6.54 Å². The lowest BCUT2D eigenvalue weighted by Crippen LogP contribution is -2.44. The Labute approximate surface area is 61.8 Å². The van der Waals surface area contributed by atoms with E-state index in [0.29, 0.717) is 0 Å². The quantitative estimate of drug-likeness (QED) is 0.581. The first-order chi connectivity index (χ1) is 4.21. The van der Waals surface area contributed by atoms with E-state index in [4.69, 9.17) is 5.73 Å². The second-order valence-corrected chi connectivity index (χ2v) is 4.91. The molecule has 0 rings (SSSR count). The van der Waals surface area contributed by atoms with Crippen LogP contribution in [0, 0.1) is 0 Å². The van der Waals surface area contributed by atoms with Gasteiger partial charge in [-0.15, -0.1) is 0 Å². The molecule has 0 aliphatic rings. The van der Waals surface area contributed by atoms with Crippen molar-refractivity contribution in [2.75, 3.05) is 12.8 Å². The molecule has 0 bridgehead atoms. The molecular weight excluding hydrogens is 152 g/mol. The van der Waals surface area contributed by atoms with Crippen molar-refractivity contribution in [1.29, 1.82) is 0 Å². The zero-order valence-corrected chi connectivity index (χ0v) is 7.33. The largest absolute Gasteiger partial charge is 0.324 e. The average Bonchev–Trinajstić information content (AvgIpc) is 1.57. The molecule has 3 N–H and O–H groups in total. The minimum Gasteiger partial charge on any atom is -0.324 e. The molecule has 10 heavy (non-hydrogen) atoms. The van der Waals surface area contributed by atoms with Crippen molar-refractivity contribution in [3.8, 4) is 0 Å². The van der Waals surface area contributed by atoms with Crippen molar-refractivity contribution in [1.82, 2.24) is 4.72 Å². The molecule has 0 saturated heterocycles. The van der Waals surface area contributed by atoms with Crippen LogP contribution in [0.4, 0.5) is 0 Å². The van der Waals surface area contributed by atoms with E-state index in [2.05, 4.69) is 4.72 Å². The van der Waals surface area contributed by atoms with Crippen LogP contribution in [0.2, 0.25) is 0 Å². The molecule has 0 aromatic heterocycles. The Balaban J connectivity index is 3.79. The monoisotopic (exact) mass is 166 g/mol. The fourth-order valence-electron chi connectivity index (χ4n) is 0.317. The second-order valence-electron chi connectivity index (χ2n) is 3.08. The predicted molar refractivity (Wildman–Crippen MR) is 41.1 cm³/mol. The third kappa shape index (κ3) is 7.87. The molecule has 0 aromatic carbocycles. The molecule has 0 unspecified atom stereocenters. The van der Waals surface area contributed by atoms with Gasteiger partial charge in [-0.2, -0.15) is 0 Å². The molecule has 0 saturated carbocycles. The van der Waals surface area contributed by atoms with Gasteiger partial charge in [0.05, 0.1) is 6.26 Å². The summed E-state index contributed by atoms with van der Waals surface area (Å²) in [6.45, 7) is 3.78. The molecule has 0 aromatic rings. The molecule has 5 heteroatoms. The molecule has 0 radical (unpaired) electrons. The molecule has 0 aliphatic carbocycles. The summed E-state index contributed by atoms with van der Waals surface area (Å²) >= 11 is 0. The number of rotatable bonds is 3. The zero-order valence-electron chi connectivity index (χ0n) is 6.51. The fraction of sp³-hybridized carbons (Fsp3) is 1.00. The number of sulfonamides is 1. The van der Waals surface area contributed by atoms with Crippen LogP contribution < -0.4 is 10.5 Å². The number of hydrogen-bond donors (Lipinski definition) is 2. The van der Waals surface area contributed by atoms with E-state index in [1.165, 1.54) is 0 Å². The summed E-state index contributed by atoms with van der Waals surface area (Å²) in [7, 11) is -3.09. The highest BCUT2D eigenvalue weighted by Gasteiger charge is 2.12. The van der Waals surface area contributed by atoms with Gasteiger partial charge in [-0.3, -0.25) is 0 Å². The fourth-order valence-corrected chi connectivity index (χ4v) is 0.951. The first-order valence-corrected chi connectivity index (χ1v) is 4.83. The van der Waals surface area contributed by atoms with Crippen molar-refractivity contribution in [3.05, 3.63) is 0 Å². The normalized spacial score (nSPS) is 13.6. The van der Waals surface area contributed by atoms with Gasteiger partial charge in [0.15, 0.2) is 0 Å². The zero-order chi connectivity index (χ0) is 8.41. The molecule has 0 fully saturated rings. The van der Waals surface area contributed by atoms with Gasteiger partial charge in [0.2, 0.25) is 10.0 Å². The van der Waals surface area contributed by atoms with Crippen molar-refractivity contribution in [3.63, 3.8) is 0 Å². The second kappa shape index (κ2) is 2.86. The van der Waals surface area contributed by atoms with Gasteiger partial charge in [0.1, 0.15) is 0 Å².